The maximum atomic E-state index is 12.3. The smallest absolute Gasteiger partial charge is 0.338 e. The van der Waals surface area contributed by atoms with E-state index in [4.69, 9.17) is 9.15 Å². The summed E-state index contributed by atoms with van der Waals surface area (Å²) in [6.07, 6.45) is 2.25. The molecule has 0 amide bonds. The fourth-order valence-corrected chi connectivity index (χ4v) is 3.84. The van der Waals surface area contributed by atoms with Gasteiger partial charge in [-0.25, -0.2) is 22.9 Å². The molecule has 1 N–H and O–H groups in total. The van der Waals surface area contributed by atoms with E-state index in [0.29, 0.717) is 12.2 Å². The minimum absolute atomic E-state index is 0.0922. The highest BCUT2D eigenvalue weighted by molar-refractivity contribution is 7.89. The Bertz CT molecular complexity index is 1060. The number of aromatic nitrogens is 1. The molecule has 0 fully saturated rings. The van der Waals surface area contributed by atoms with Gasteiger partial charge in [-0.2, -0.15) is 0 Å². The molecule has 8 heteroatoms. The van der Waals surface area contributed by atoms with Crippen molar-refractivity contribution in [3.05, 3.63) is 72.2 Å². The zero-order valence-corrected chi connectivity index (χ0v) is 17.0. The van der Waals surface area contributed by atoms with Crippen LogP contribution < -0.4 is 4.72 Å². The summed E-state index contributed by atoms with van der Waals surface area (Å²) in [5.74, 6) is 0.262. The maximum absolute atomic E-state index is 12.3. The van der Waals surface area contributed by atoms with Crippen molar-refractivity contribution < 1.29 is 22.4 Å². The average molecular weight is 414 g/mol. The van der Waals surface area contributed by atoms with E-state index >= 15 is 0 Å². The van der Waals surface area contributed by atoms with Gasteiger partial charge in [-0.05, 0) is 37.6 Å². The van der Waals surface area contributed by atoms with Crippen molar-refractivity contribution in [2.24, 2.45) is 0 Å². The molecule has 29 heavy (non-hydrogen) atoms. The van der Waals surface area contributed by atoms with Crippen LogP contribution in [0.25, 0.3) is 11.3 Å². The molecule has 0 saturated heterocycles. The quantitative estimate of drug-likeness (QED) is 0.563. The Balaban J connectivity index is 1.61. The fraction of sp³-hybridized carbons (Fsp3) is 0.238. The van der Waals surface area contributed by atoms with Gasteiger partial charge in [-0.3, -0.25) is 0 Å². The van der Waals surface area contributed by atoms with Crippen LogP contribution in [-0.4, -0.2) is 25.4 Å². The van der Waals surface area contributed by atoms with Gasteiger partial charge in [0, 0.05) is 11.6 Å². The lowest BCUT2D eigenvalue weighted by molar-refractivity contribution is 0.0439. The van der Waals surface area contributed by atoms with Gasteiger partial charge in [0.2, 0.25) is 15.9 Å². The monoisotopic (exact) mass is 414 g/mol. The first-order chi connectivity index (χ1) is 13.9. The van der Waals surface area contributed by atoms with E-state index in [1.54, 1.807) is 13.1 Å². The second kappa shape index (κ2) is 9.02. The molecule has 1 heterocycles. The van der Waals surface area contributed by atoms with Gasteiger partial charge in [0.05, 0.1) is 16.7 Å². The Morgan fingerprint density at radius 1 is 1.14 bits per heavy atom. The number of esters is 1. The third-order valence-corrected chi connectivity index (χ3v) is 5.91. The van der Waals surface area contributed by atoms with E-state index in [2.05, 4.69) is 9.71 Å². The normalized spacial score (nSPS) is 12.5. The number of oxazole rings is 1. The summed E-state index contributed by atoms with van der Waals surface area (Å²) >= 11 is 0. The second-order valence-corrected chi connectivity index (χ2v) is 8.23. The third kappa shape index (κ3) is 5.30. The van der Waals surface area contributed by atoms with Crippen LogP contribution in [0.4, 0.5) is 0 Å². The lowest BCUT2D eigenvalue weighted by Gasteiger charge is -2.12. The van der Waals surface area contributed by atoms with E-state index in [9.17, 15) is 13.2 Å². The molecular formula is C21H22N2O5S. The molecule has 152 valence electrons. The van der Waals surface area contributed by atoms with Gasteiger partial charge >= 0.3 is 5.97 Å². The molecule has 0 aliphatic rings. The number of rotatable bonds is 8. The number of hydrogen-bond acceptors (Lipinski definition) is 6. The van der Waals surface area contributed by atoms with Crippen LogP contribution in [0, 0.1) is 0 Å². The predicted octanol–water partition coefficient (Wildman–Crippen LogP) is 3.78. The molecule has 3 aromatic rings. The topological polar surface area (TPSA) is 98.5 Å². The van der Waals surface area contributed by atoms with E-state index in [1.165, 1.54) is 24.3 Å². The van der Waals surface area contributed by atoms with Gasteiger partial charge < -0.3 is 9.15 Å². The van der Waals surface area contributed by atoms with E-state index in [0.717, 1.165) is 5.56 Å². The second-order valence-electron chi connectivity index (χ2n) is 6.52. The standard InChI is InChI=1S/C21H22N2O5S/c1-3-15(2)23-29(25,26)18-11-9-17(10-12-18)21(24)27-14-20-22-13-19(28-20)16-7-5-4-6-8-16/h4-13,15,23H,3,14H2,1-2H3. The number of benzene rings is 2. The van der Waals surface area contributed by atoms with E-state index in [-0.39, 0.29) is 29.0 Å². The van der Waals surface area contributed by atoms with Crippen LogP contribution in [0.1, 0.15) is 36.5 Å². The minimum Gasteiger partial charge on any atom is -0.452 e. The van der Waals surface area contributed by atoms with Crippen molar-refractivity contribution in [3.63, 3.8) is 0 Å². The molecule has 1 aromatic heterocycles. The van der Waals surface area contributed by atoms with Crippen molar-refractivity contribution in [2.75, 3.05) is 0 Å². The summed E-state index contributed by atoms with van der Waals surface area (Å²) in [6.45, 7) is 3.55. The van der Waals surface area contributed by atoms with E-state index < -0.39 is 16.0 Å². The Kier molecular flexibility index (Phi) is 6.46. The summed E-state index contributed by atoms with van der Waals surface area (Å²) in [5, 5.41) is 0. The molecule has 0 radical (unpaired) electrons. The zero-order chi connectivity index (χ0) is 20.9. The molecule has 7 nitrogen and oxygen atoms in total. The van der Waals surface area contributed by atoms with Crippen LogP contribution in [0.2, 0.25) is 0 Å². The van der Waals surface area contributed by atoms with Crippen LogP contribution in [0.15, 0.2) is 70.1 Å². The molecule has 1 unspecified atom stereocenters. The molecule has 0 aliphatic carbocycles. The summed E-state index contributed by atoms with van der Waals surface area (Å²) in [5.41, 5.74) is 1.11. The number of ether oxygens (including phenoxy) is 1. The highest BCUT2D eigenvalue weighted by atomic mass is 32.2. The first-order valence-electron chi connectivity index (χ1n) is 9.18. The third-order valence-electron chi connectivity index (χ3n) is 4.31. The molecule has 2 aromatic carbocycles. The van der Waals surface area contributed by atoms with Crippen LogP contribution in [0.5, 0.6) is 0 Å². The SMILES string of the molecule is CCC(C)NS(=O)(=O)c1ccc(C(=O)OCc2ncc(-c3ccccc3)o2)cc1. The highest BCUT2D eigenvalue weighted by Crippen LogP contribution is 2.20. The lowest BCUT2D eigenvalue weighted by Crippen LogP contribution is -2.32. The zero-order valence-electron chi connectivity index (χ0n) is 16.2. The van der Waals surface area contributed by atoms with Crippen LogP contribution >= 0.6 is 0 Å². The largest absolute Gasteiger partial charge is 0.452 e. The molecule has 0 spiro atoms. The van der Waals surface area contributed by atoms with E-state index in [1.807, 2.05) is 37.3 Å². The molecule has 1 atom stereocenters. The van der Waals surface area contributed by atoms with Crippen molar-refractivity contribution >= 4 is 16.0 Å². The van der Waals surface area contributed by atoms with Gasteiger partial charge in [-0.1, -0.05) is 37.3 Å². The molecule has 0 aliphatic heterocycles. The number of nitrogens with zero attached hydrogens (tertiary/aromatic N) is 1. The van der Waals surface area contributed by atoms with Crippen molar-refractivity contribution in [3.8, 4) is 11.3 Å². The van der Waals surface area contributed by atoms with Crippen molar-refractivity contribution in [1.82, 2.24) is 9.71 Å². The van der Waals surface area contributed by atoms with Crippen molar-refractivity contribution in [1.29, 1.82) is 0 Å². The Labute approximate surface area is 169 Å². The highest BCUT2D eigenvalue weighted by Gasteiger charge is 2.18. The van der Waals surface area contributed by atoms with Crippen molar-refractivity contribution in [2.45, 2.75) is 37.8 Å². The predicted molar refractivity (Wildman–Crippen MR) is 108 cm³/mol. The number of hydrogen-bond donors (Lipinski definition) is 1. The fourth-order valence-electron chi connectivity index (χ4n) is 2.51. The Hall–Kier alpha value is -2.97. The Morgan fingerprint density at radius 3 is 2.48 bits per heavy atom. The summed E-state index contributed by atoms with van der Waals surface area (Å²) in [4.78, 5) is 16.4. The number of nitrogens with one attached hydrogen (secondary N) is 1. The maximum Gasteiger partial charge on any atom is 0.338 e. The first-order valence-corrected chi connectivity index (χ1v) is 10.7. The van der Waals surface area contributed by atoms with Gasteiger partial charge in [0.1, 0.15) is 0 Å². The van der Waals surface area contributed by atoms with Gasteiger partial charge in [-0.15, -0.1) is 0 Å². The Morgan fingerprint density at radius 2 is 1.83 bits per heavy atom. The van der Waals surface area contributed by atoms with Crippen LogP contribution in [0.3, 0.4) is 0 Å². The summed E-state index contributed by atoms with van der Waals surface area (Å²) < 4.78 is 37.9. The van der Waals surface area contributed by atoms with Crippen LogP contribution in [-0.2, 0) is 21.4 Å². The molecule has 0 bridgehead atoms. The minimum atomic E-state index is -3.62. The molecular weight excluding hydrogens is 392 g/mol. The molecule has 0 saturated carbocycles. The first kappa shape index (κ1) is 20.8. The average Bonchev–Trinajstić information content (AvgIpc) is 3.21. The van der Waals surface area contributed by atoms with Gasteiger partial charge in [0.25, 0.3) is 0 Å². The summed E-state index contributed by atoms with van der Waals surface area (Å²) in [6, 6.07) is 14.9. The number of carbonyl (C=O) groups excluding carboxylic acids is 1. The molecule has 3 rings (SSSR count). The van der Waals surface area contributed by atoms with Gasteiger partial charge in [0.15, 0.2) is 12.4 Å². The number of sulfonamides is 1. The number of carbonyl (C=O) groups is 1. The summed E-state index contributed by atoms with van der Waals surface area (Å²) in [7, 11) is -3.62. The lowest BCUT2D eigenvalue weighted by atomic mass is 10.2.